The van der Waals surface area contributed by atoms with Gasteiger partial charge < -0.3 is 5.11 Å². The Morgan fingerprint density at radius 2 is 1.82 bits per heavy atom. The van der Waals surface area contributed by atoms with Crippen LogP contribution in [0.1, 0.15) is 31.2 Å². The molecule has 1 N–H and O–H groups in total. The van der Waals surface area contributed by atoms with Crippen LogP contribution in [-0.4, -0.2) is 11.1 Å². The van der Waals surface area contributed by atoms with E-state index in [1.165, 1.54) is 12.8 Å². The van der Waals surface area contributed by atoms with E-state index in [-0.39, 0.29) is 18.3 Å². The molecule has 1 aliphatic rings. The quantitative estimate of drug-likeness (QED) is 0.892. The molecule has 94 valence electrons. The Morgan fingerprint density at radius 3 is 2.35 bits per heavy atom. The molecule has 1 atom stereocenters. The van der Waals surface area contributed by atoms with Gasteiger partial charge in [-0.25, -0.2) is 0 Å². The van der Waals surface area contributed by atoms with Gasteiger partial charge in [-0.2, -0.15) is 0 Å². The molecule has 0 saturated heterocycles. The summed E-state index contributed by atoms with van der Waals surface area (Å²) in [5.74, 6) is -0.432. The van der Waals surface area contributed by atoms with Crippen LogP contribution in [0.5, 0.6) is 0 Å². The molecule has 3 heteroatoms. The fraction of sp³-hybridized carbons (Fsp3) is 0.500. The normalized spacial score (nSPS) is 17.4. The number of rotatable bonds is 4. The fourth-order valence-corrected chi connectivity index (χ4v) is 2.68. The molecule has 17 heavy (non-hydrogen) atoms. The van der Waals surface area contributed by atoms with E-state index >= 15 is 0 Å². The molecule has 1 saturated carbocycles. The number of hydrogen-bond donors (Lipinski definition) is 1. The van der Waals surface area contributed by atoms with Gasteiger partial charge in [-0.1, -0.05) is 43.2 Å². The van der Waals surface area contributed by atoms with Gasteiger partial charge in [0.15, 0.2) is 0 Å². The Bertz CT molecular complexity index is 344. The van der Waals surface area contributed by atoms with Crippen molar-refractivity contribution in [3.63, 3.8) is 0 Å². The number of carboxylic acids is 1. The Labute approximate surface area is 108 Å². The van der Waals surface area contributed by atoms with Crippen LogP contribution in [0.4, 0.5) is 0 Å². The zero-order valence-corrected chi connectivity index (χ0v) is 10.7. The molecule has 1 unspecified atom stereocenters. The van der Waals surface area contributed by atoms with E-state index in [0.717, 1.165) is 18.4 Å². The predicted octanol–water partition coefficient (Wildman–Crippen LogP) is 3.54. The monoisotopic (exact) mass is 254 g/mol. The molecule has 2 nitrogen and oxygen atoms in total. The molecule has 1 aliphatic carbocycles. The molecule has 1 aromatic carbocycles. The number of hydrogen-bond acceptors (Lipinski definition) is 1. The minimum atomic E-state index is -0.629. The van der Waals surface area contributed by atoms with E-state index in [2.05, 4.69) is 0 Å². The number of carbonyl (C=O) groups is 1. The lowest BCUT2D eigenvalue weighted by molar-refractivity contribution is -0.143. The van der Waals surface area contributed by atoms with Crippen molar-refractivity contribution in [3.05, 3.63) is 35.9 Å². The summed E-state index contributed by atoms with van der Waals surface area (Å²) in [5.41, 5.74) is 1.14. The average molecular weight is 255 g/mol. The van der Waals surface area contributed by atoms with E-state index in [4.69, 9.17) is 0 Å². The van der Waals surface area contributed by atoms with Gasteiger partial charge in [-0.3, -0.25) is 4.79 Å². The van der Waals surface area contributed by atoms with Gasteiger partial charge in [-0.05, 0) is 30.7 Å². The predicted molar refractivity (Wildman–Crippen MR) is 70.5 cm³/mol. The van der Waals surface area contributed by atoms with Crippen molar-refractivity contribution in [2.45, 2.75) is 32.1 Å². The standard InChI is InChI=1S/C14H18O2.ClH/c15-14(16)13(12-8-4-5-9-12)10-11-6-2-1-3-7-11;/h1-3,6-7,12-13H,4-5,8-10H2,(H,15,16);1H. The van der Waals surface area contributed by atoms with Crippen LogP contribution in [0, 0.1) is 11.8 Å². The van der Waals surface area contributed by atoms with Crippen LogP contribution in [0.25, 0.3) is 0 Å². The van der Waals surface area contributed by atoms with Gasteiger partial charge in [0.2, 0.25) is 0 Å². The minimum Gasteiger partial charge on any atom is -0.481 e. The second-order valence-corrected chi connectivity index (χ2v) is 4.68. The number of carboxylic acid groups (broad SMARTS) is 1. The summed E-state index contributed by atoms with van der Waals surface area (Å²) < 4.78 is 0. The van der Waals surface area contributed by atoms with Crippen LogP contribution >= 0.6 is 12.4 Å². The Balaban J connectivity index is 0.00000144. The molecular weight excluding hydrogens is 236 g/mol. The molecule has 0 aromatic heterocycles. The van der Waals surface area contributed by atoms with Crippen LogP contribution < -0.4 is 0 Å². The van der Waals surface area contributed by atoms with Gasteiger partial charge in [0, 0.05) is 0 Å². The molecule has 0 aliphatic heterocycles. The van der Waals surface area contributed by atoms with E-state index in [1.54, 1.807) is 0 Å². The second-order valence-electron chi connectivity index (χ2n) is 4.68. The highest BCUT2D eigenvalue weighted by Gasteiger charge is 2.30. The van der Waals surface area contributed by atoms with Crippen molar-refractivity contribution in [1.29, 1.82) is 0 Å². The third kappa shape index (κ3) is 3.74. The highest BCUT2D eigenvalue weighted by molar-refractivity contribution is 5.85. The van der Waals surface area contributed by atoms with Crippen molar-refractivity contribution in [2.24, 2.45) is 11.8 Å². The summed E-state index contributed by atoms with van der Waals surface area (Å²) in [7, 11) is 0. The van der Waals surface area contributed by atoms with E-state index in [9.17, 15) is 9.90 Å². The molecule has 0 radical (unpaired) electrons. The van der Waals surface area contributed by atoms with Crippen LogP contribution in [0.3, 0.4) is 0 Å². The van der Waals surface area contributed by atoms with Crippen LogP contribution in [0.2, 0.25) is 0 Å². The first-order valence-electron chi connectivity index (χ1n) is 6.04. The second kappa shape index (κ2) is 6.65. The molecule has 2 rings (SSSR count). The van der Waals surface area contributed by atoms with E-state index in [0.29, 0.717) is 12.3 Å². The summed E-state index contributed by atoms with van der Waals surface area (Å²) in [5, 5.41) is 9.29. The molecule has 1 fully saturated rings. The zero-order chi connectivity index (χ0) is 11.4. The van der Waals surface area contributed by atoms with E-state index < -0.39 is 5.97 Å². The maximum Gasteiger partial charge on any atom is 0.307 e. The first-order valence-corrected chi connectivity index (χ1v) is 6.04. The molecular formula is C14H19ClO2. The Hall–Kier alpha value is -1.02. The van der Waals surface area contributed by atoms with Crippen molar-refractivity contribution < 1.29 is 9.90 Å². The molecule has 1 aromatic rings. The third-order valence-corrected chi connectivity index (χ3v) is 3.58. The van der Waals surface area contributed by atoms with Crippen molar-refractivity contribution >= 4 is 18.4 Å². The zero-order valence-electron chi connectivity index (χ0n) is 9.84. The lowest BCUT2D eigenvalue weighted by Gasteiger charge is -2.19. The first-order chi connectivity index (χ1) is 7.77. The van der Waals surface area contributed by atoms with Crippen molar-refractivity contribution in [3.8, 4) is 0 Å². The van der Waals surface area contributed by atoms with Crippen LogP contribution in [0.15, 0.2) is 30.3 Å². The number of halogens is 1. The summed E-state index contributed by atoms with van der Waals surface area (Å²) in [6, 6.07) is 9.95. The number of benzene rings is 1. The maximum absolute atomic E-state index is 11.3. The smallest absolute Gasteiger partial charge is 0.307 e. The van der Waals surface area contributed by atoms with Gasteiger partial charge >= 0.3 is 5.97 Å². The lowest BCUT2D eigenvalue weighted by atomic mass is 9.86. The summed E-state index contributed by atoms with van der Waals surface area (Å²) in [6.07, 6.45) is 5.25. The van der Waals surface area contributed by atoms with Crippen molar-refractivity contribution in [2.75, 3.05) is 0 Å². The third-order valence-electron chi connectivity index (χ3n) is 3.58. The average Bonchev–Trinajstić information content (AvgIpc) is 2.80. The fourth-order valence-electron chi connectivity index (χ4n) is 2.68. The summed E-state index contributed by atoms with van der Waals surface area (Å²) in [6.45, 7) is 0. The van der Waals surface area contributed by atoms with Crippen molar-refractivity contribution in [1.82, 2.24) is 0 Å². The van der Waals surface area contributed by atoms with Gasteiger partial charge in [0.1, 0.15) is 0 Å². The highest BCUT2D eigenvalue weighted by atomic mass is 35.5. The minimum absolute atomic E-state index is 0. The van der Waals surface area contributed by atoms with Gasteiger partial charge in [0.05, 0.1) is 5.92 Å². The van der Waals surface area contributed by atoms with Gasteiger partial charge in [0.25, 0.3) is 0 Å². The highest BCUT2D eigenvalue weighted by Crippen LogP contribution is 2.33. The lowest BCUT2D eigenvalue weighted by Crippen LogP contribution is -2.24. The van der Waals surface area contributed by atoms with Gasteiger partial charge in [-0.15, -0.1) is 12.4 Å². The topological polar surface area (TPSA) is 37.3 Å². The molecule has 0 amide bonds. The Kier molecular flexibility index (Phi) is 5.49. The van der Waals surface area contributed by atoms with Crippen LogP contribution in [-0.2, 0) is 11.2 Å². The largest absolute Gasteiger partial charge is 0.481 e. The van der Waals surface area contributed by atoms with E-state index in [1.807, 2.05) is 30.3 Å². The number of aliphatic carboxylic acids is 1. The molecule has 0 bridgehead atoms. The summed E-state index contributed by atoms with van der Waals surface area (Å²) in [4.78, 5) is 11.3. The molecule has 0 heterocycles. The first kappa shape index (κ1) is 14.0. The summed E-state index contributed by atoms with van der Waals surface area (Å²) >= 11 is 0. The Morgan fingerprint density at radius 1 is 1.24 bits per heavy atom. The SMILES string of the molecule is Cl.O=C(O)C(Cc1ccccc1)C1CCCC1. The maximum atomic E-state index is 11.3. The molecule has 0 spiro atoms.